The van der Waals surface area contributed by atoms with Crippen molar-refractivity contribution in [3.8, 4) is 0 Å². The van der Waals surface area contributed by atoms with Crippen molar-refractivity contribution in [2.45, 2.75) is 31.7 Å². The molecule has 0 spiro atoms. The number of urea groups is 1. The lowest BCUT2D eigenvalue weighted by molar-refractivity contribution is -0.138. The Balaban J connectivity index is 2.09. The van der Waals surface area contributed by atoms with Crippen LogP contribution in [0, 0.1) is 0 Å². The maximum atomic E-state index is 12.3. The largest absolute Gasteiger partial charge is 0.480 e. The summed E-state index contributed by atoms with van der Waals surface area (Å²) in [5.74, 6) is -1.01. The summed E-state index contributed by atoms with van der Waals surface area (Å²) in [5.41, 5.74) is 0.574. The molecule has 1 aliphatic carbocycles. The van der Waals surface area contributed by atoms with E-state index in [0.29, 0.717) is 15.2 Å². The first-order chi connectivity index (χ1) is 9.97. The first kappa shape index (κ1) is 16.1. The van der Waals surface area contributed by atoms with Crippen LogP contribution in [0.15, 0.2) is 22.7 Å². The highest BCUT2D eigenvalue weighted by molar-refractivity contribution is 9.10. The summed E-state index contributed by atoms with van der Waals surface area (Å²) in [6.07, 6.45) is 3.76. The fourth-order valence-corrected chi connectivity index (χ4v) is 2.99. The molecule has 1 aliphatic rings. The number of carbonyl (C=O) groups is 2. The molecule has 0 atom stereocenters. The number of anilines is 1. The van der Waals surface area contributed by atoms with E-state index in [-0.39, 0.29) is 12.6 Å². The zero-order valence-corrected chi connectivity index (χ0v) is 13.7. The molecule has 2 rings (SSSR count). The Labute approximate surface area is 136 Å². The monoisotopic (exact) mass is 374 g/mol. The number of hydrogen-bond donors (Lipinski definition) is 2. The standard InChI is InChI=1S/C14H16BrClN2O3/c15-11-7-9(5-6-12(11)16)17-14(21)18(8-13(19)20)10-3-1-2-4-10/h5-7,10H,1-4,8H2,(H,17,21)(H,19,20). The maximum Gasteiger partial charge on any atom is 0.323 e. The molecule has 2 amide bonds. The van der Waals surface area contributed by atoms with E-state index in [1.165, 1.54) is 4.90 Å². The van der Waals surface area contributed by atoms with E-state index in [2.05, 4.69) is 21.2 Å². The number of amides is 2. The second-order valence-electron chi connectivity index (χ2n) is 5.02. The number of halogens is 2. The van der Waals surface area contributed by atoms with E-state index in [1.807, 2.05) is 0 Å². The molecule has 21 heavy (non-hydrogen) atoms. The third-order valence-corrected chi connectivity index (χ3v) is 4.72. The summed E-state index contributed by atoms with van der Waals surface area (Å²) >= 11 is 9.19. The molecule has 0 heterocycles. The number of carboxylic acids is 1. The number of benzene rings is 1. The van der Waals surface area contributed by atoms with E-state index in [9.17, 15) is 9.59 Å². The number of carboxylic acid groups (broad SMARTS) is 1. The molecule has 0 saturated heterocycles. The molecule has 0 unspecified atom stereocenters. The predicted molar refractivity (Wildman–Crippen MR) is 84.8 cm³/mol. The van der Waals surface area contributed by atoms with Crippen molar-refractivity contribution in [3.63, 3.8) is 0 Å². The Morgan fingerprint density at radius 1 is 1.38 bits per heavy atom. The summed E-state index contributed by atoms with van der Waals surface area (Å²) < 4.78 is 0.674. The maximum absolute atomic E-state index is 12.3. The van der Waals surface area contributed by atoms with Crippen LogP contribution in [0.25, 0.3) is 0 Å². The summed E-state index contributed by atoms with van der Waals surface area (Å²) in [7, 11) is 0. The van der Waals surface area contributed by atoms with Crippen LogP contribution in [0.3, 0.4) is 0 Å². The van der Waals surface area contributed by atoms with Crippen molar-refractivity contribution in [3.05, 3.63) is 27.7 Å². The van der Waals surface area contributed by atoms with Gasteiger partial charge in [-0.3, -0.25) is 4.79 Å². The molecule has 1 aromatic carbocycles. The van der Waals surface area contributed by atoms with Crippen molar-refractivity contribution in [1.29, 1.82) is 0 Å². The fourth-order valence-electron chi connectivity index (χ4n) is 2.50. The van der Waals surface area contributed by atoms with Gasteiger partial charge in [-0.15, -0.1) is 0 Å². The second-order valence-corrected chi connectivity index (χ2v) is 6.28. The van der Waals surface area contributed by atoms with E-state index in [1.54, 1.807) is 18.2 Å². The quantitative estimate of drug-likeness (QED) is 0.837. The topological polar surface area (TPSA) is 69.6 Å². The van der Waals surface area contributed by atoms with Gasteiger partial charge in [0.15, 0.2) is 0 Å². The van der Waals surface area contributed by atoms with Crippen molar-refractivity contribution < 1.29 is 14.7 Å². The lowest BCUT2D eigenvalue weighted by Gasteiger charge is -2.27. The average Bonchev–Trinajstić information content (AvgIpc) is 2.93. The Morgan fingerprint density at radius 2 is 2.05 bits per heavy atom. The van der Waals surface area contributed by atoms with Gasteiger partial charge in [0.25, 0.3) is 0 Å². The van der Waals surface area contributed by atoms with Crippen molar-refractivity contribution in [1.82, 2.24) is 4.90 Å². The highest BCUT2D eigenvalue weighted by atomic mass is 79.9. The molecule has 5 nitrogen and oxygen atoms in total. The first-order valence-electron chi connectivity index (χ1n) is 6.72. The van der Waals surface area contributed by atoms with Crippen LogP contribution in [0.5, 0.6) is 0 Å². The smallest absolute Gasteiger partial charge is 0.323 e. The molecule has 7 heteroatoms. The summed E-state index contributed by atoms with van der Waals surface area (Å²) in [6.45, 7) is -0.286. The minimum absolute atomic E-state index is 0.00293. The van der Waals surface area contributed by atoms with E-state index in [4.69, 9.17) is 16.7 Å². The number of nitrogens with zero attached hydrogens (tertiary/aromatic N) is 1. The molecular formula is C14H16BrClN2O3. The van der Waals surface area contributed by atoms with Gasteiger partial charge in [-0.2, -0.15) is 0 Å². The van der Waals surface area contributed by atoms with Crippen LogP contribution >= 0.6 is 27.5 Å². The number of aliphatic carboxylic acids is 1. The molecule has 1 aromatic rings. The van der Waals surface area contributed by atoms with Gasteiger partial charge in [0.2, 0.25) is 0 Å². The van der Waals surface area contributed by atoms with Crippen LogP contribution in [0.1, 0.15) is 25.7 Å². The van der Waals surface area contributed by atoms with Crippen molar-refractivity contribution in [2.75, 3.05) is 11.9 Å². The lowest BCUT2D eigenvalue weighted by atomic mass is 10.2. The molecule has 0 aromatic heterocycles. The van der Waals surface area contributed by atoms with Gasteiger partial charge in [-0.25, -0.2) is 4.79 Å². The molecular weight excluding hydrogens is 360 g/mol. The van der Waals surface area contributed by atoms with E-state index >= 15 is 0 Å². The second kappa shape index (κ2) is 7.13. The summed E-state index contributed by atoms with van der Waals surface area (Å²) in [4.78, 5) is 24.7. The third kappa shape index (κ3) is 4.35. The Kier molecular flexibility index (Phi) is 5.47. The molecule has 2 N–H and O–H groups in total. The van der Waals surface area contributed by atoms with Crippen LogP contribution < -0.4 is 5.32 Å². The highest BCUT2D eigenvalue weighted by Crippen LogP contribution is 2.27. The van der Waals surface area contributed by atoms with Crippen LogP contribution in [-0.2, 0) is 4.79 Å². The SMILES string of the molecule is O=C(O)CN(C(=O)Nc1ccc(Cl)c(Br)c1)C1CCCC1. The minimum atomic E-state index is -1.01. The Morgan fingerprint density at radius 3 is 2.62 bits per heavy atom. The Hall–Kier alpha value is -1.27. The predicted octanol–water partition coefficient (Wildman–Crippen LogP) is 3.96. The molecule has 0 aliphatic heterocycles. The summed E-state index contributed by atoms with van der Waals surface area (Å²) in [5, 5.41) is 12.3. The number of rotatable bonds is 4. The van der Waals surface area contributed by atoms with Gasteiger partial charge in [-0.05, 0) is 47.0 Å². The van der Waals surface area contributed by atoms with Gasteiger partial charge in [0, 0.05) is 16.2 Å². The number of nitrogens with one attached hydrogen (secondary N) is 1. The lowest BCUT2D eigenvalue weighted by Crippen LogP contribution is -2.44. The molecule has 114 valence electrons. The van der Waals surface area contributed by atoms with Crippen LogP contribution in [0.2, 0.25) is 5.02 Å². The van der Waals surface area contributed by atoms with E-state index in [0.717, 1.165) is 25.7 Å². The normalized spacial score (nSPS) is 15.0. The molecule has 0 bridgehead atoms. The van der Waals surface area contributed by atoms with Gasteiger partial charge >= 0.3 is 12.0 Å². The molecule has 0 radical (unpaired) electrons. The van der Waals surface area contributed by atoms with Crippen LogP contribution in [0.4, 0.5) is 10.5 Å². The van der Waals surface area contributed by atoms with E-state index < -0.39 is 12.0 Å². The van der Waals surface area contributed by atoms with Crippen molar-refractivity contribution >= 4 is 45.2 Å². The first-order valence-corrected chi connectivity index (χ1v) is 7.89. The van der Waals surface area contributed by atoms with Gasteiger partial charge in [-0.1, -0.05) is 24.4 Å². The summed E-state index contributed by atoms with van der Waals surface area (Å²) in [6, 6.07) is 4.64. The zero-order valence-electron chi connectivity index (χ0n) is 11.3. The highest BCUT2D eigenvalue weighted by Gasteiger charge is 2.28. The Bertz CT molecular complexity index is 547. The third-order valence-electron chi connectivity index (χ3n) is 3.50. The average molecular weight is 376 g/mol. The van der Waals surface area contributed by atoms with Gasteiger partial charge in [0.1, 0.15) is 6.54 Å². The van der Waals surface area contributed by atoms with Gasteiger partial charge < -0.3 is 15.3 Å². The minimum Gasteiger partial charge on any atom is -0.480 e. The van der Waals surface area contributed by atoms with Crippen LogP contribution in [-0.4, -0.2) is 34.6 Å². The fraction of sp³-hybridized carbons (Fsp3) is 0.429. The van der Waals surface area contributed by atoms with Gasteiger partial charge in [0.05, 0.1) is 5.02 Å². The zero-order chi connectivity index (χ0) is 15.4. The van der Waals surface area contributed by atoms with Crippen molar-refractivity contribution in [2.24, 2.45) is 0 Å². The molecule has 1 saturated carbocycles. The number of hydrogen-bond acceptors (Lipinski definition) is 2. The molecule has 1 fully saturated rings. The number of carbonyl (C=O) groups excluding carboxylic acids is 1.